The number of carbonyl (C=O) groups excluding carboxylic acids is 3. The first-order valence-corrected chi connectivity index (χ1v) is 9.22. The molecule has 0 aliphatic carbocycles. The molecule has 2 aromatic rings. The summed E-state index contributed by atoms with van der Waals surface area (Å²) in [4.78, 5) is 49.8. The quantitative estimate of drug-likeness (QED) is 0.307. The second-order valence-corrected chi connectivity index (χ2v) is 6.89. The van der Waals surface area contributed by atoms with Gasteiger partial charge in [-0.3, -0.25) is 24.6 Å². The summed E-state index contributed by atoms with van der Waals surface area (Å²) < 4.78 is 5.35. The second-order valence-electron chi connectivity index (χ2n) is 6.89. The molecule has 0 spiro atoms. The first-order chi connectivity index (χ1) is 13.8. The van der Waals surface area contributed by atoms with Crippen molar-refractivity contribution in [1.29, 1.82) is 0 Å². The van der Waals surface area contributed by atoms with Gasteiger partial charge in [0.25, 0.3) is 17.5 Å². The molecule has 0 bridgehead atoms. The fourth-order valence-corrected chi connectivity index (χ4v) is 3.28. The van der Waals surface area contributed by atoms with E-state index in [0.717, 1.165) is 4.90 Å². The molecule has 0 saturated carbocycles. The smallest absolute Gasteiger partial charge is 0.329 e. The lowest BCUT2D eigenvalue weighted by atomic mass is 9.97. The van der Waals surface area contributed by atoms with Gasteiger partial charge in [0.2, 0.25) is 0 Å². The summed E-state index contributed by atoms with van der Waals surface area (Å²) in [7, 11) is 0. The van der Waals surface area contributed by atoms with Gasteiger partial charge in [-0.25, -0.2) is 4.79 Å². The van der Waals surface area contributed by atoms with E-state index in [-0.39, 0.29) is 29.3 Å². The van der Waals surface area contributed by atoms with Crippen LogP contribution in [0, 0.1) is 16.0 Å². The van der Waals surface area contributed by atoms with E-state index >= 15 is 0 Å². The van der Waals surface area contributed by atoms with Crippen molar-refractivity contribution in [2.45, 2.75) is 32.9 Å². The van der Waals surface area contributed by atoms with Crippen LogP contribution in [-0.4, -0.2) is 33.6 Å². The largest absolute Gasteiger partial charge is 0.459 e. The molecule has 0 radical (unpaired) electrons. The number of imide groups is 1. The molecule has 29 heavy (non-hydrogen) atoms. The summed E-state index contributed by atoms with van der Waals surface area (Å²) in [5.41, 5.74) is 0.852. The number of fused-ring (bicyclic) bond motifs is 1. The summed E-state index contributed by atoms with van der Waals surface area (Å²) in [5, 5.41) is 10.9. The van der Waals surface area contributed by atoms with Gasteiger partial charge >= 0.3 is 5.97 Å². The molecule has 3 rings (SSSR count). The standard InChI is InChI=1S/C21H20N2O6/c1-3-13(2)18(22-19(24)16-9-4-5-10-17(16)20(22)25)21(26)29-12-14-7-6-8-15(11-14)23(27)28/h4-11,13,18H,3,12H2,1-2H3. The maximum absolute atomic E-state index is 12.9. The number of non-ortho nitro benzene ring substituents is 1. The van der Waals surface area contributed by atoms with Gasteiger partial charge in [0.15, 0.2) is 0 Å². The highest BCUT2D eigenvalue weighted by atomic mass is 16.6. The number of ether oxygens (including phenoxy) is 1. The third kappa shape index (κ3) is 3.87. The Hall–Kier alpha value is -3.55. The topological polar surface area (TPSA) is 107 Å². The fraction of sp³-hybridized carbons (Fsp3) is 0.286. The molecule has 2 aromatic carbocycles. The van der Waals surface area contributed by atoms with E-state index in [2.05, 4.69) is 0 Å². The van der Waals surface area contributed by atoms with Gasteiger partial charge in [-0.2, -0.15) is 0 Å². The molecular weight excluding hydrogens is 376 g/mol. The lowest BCUT2D eigenvalue weighted by Crippen LogP contribution is -2.49. The van der Waals surface area contributed by atoms with Crippen molar-refractivity contribution in [3.8, 4) is 0 Å². The number of benzene rings is 2. The van der Waals surface area contributed by atoms with Gasteiger partial charge < -0.3 is 4.74 Å². The van der Waals surface area contributed by atoms with Crippen LogP contribution in [0.3, 0.4) is 0 Å². The monoisotopic (exact) mass is 396 g/mol. The highest BCUT2D eigenvalue weighted by Crippen LogP contribution is 2.29. The molecule has 1 heterocycles. The summed E-state index contributed by atoms with van der Waals surface area (Å²) in [6.07, 6.45) is 0.546. The number of rotatable bonds is 7. The van der Waals surface area contributed by atoms with Crippen molar-refractivity contribution in [3.05, 3.63) is 75.3 Å². The Bertz CT molecular complexity index is 952. The Morgan fingerprint density at radius 1 is 1.10 bits per heavy atom. The Morgan fingerprint density at radius 2 is 1.72 bits per heavy atom. The van der Waals surface area contributed by atoms with Gasteiger partial charge in [-0.15, -0.1) is 0 Å². The molecule has 0 saturated heterocycles. The molecule has 1 aliphatic rings. The van der Waals surface area contributed by atoms with E-state index in [1.165, 1.54) is 18.2 Å². The number of hydrogen-bond donors (Lipinski definition) is 0. The molecule has 8 heteroatoms. The minimum atomic E-state index is -1.08. The number of hydrogen-bond acceptors (Lipinski definition) is 6. The predicted octanol–water partition coefficient (Wildman–Crippen LogP) is 3.35. The van der Waals surface area contributed by atoms with Gasteiger partial charge in [0, 0.05) is 12.1 Å². The van der Waals surface area contributed by atoms with E-state index in [9.17, 15) is 24.5 Å². The van der Waals surface area contributed by atoms with Crippen molar-refractivity contribution in [3.63, 3.8) is 0 Å². The van der Waals surface area contributed by atoms with Crippen LogP contribution in [0.1, 0.15) is 46.5 Å². The third-order valence-electron chi connectivity index (χ3n) is 5.03. The molecular formula is C21H20N2O6. The summed E-state index contributed by atoms with van der Waals surface area (Å²) in [6.45, 7) is 3.42. The maximum Gasteiger partial charge on any atom is 0.329 e. The van der Waals surface area contributed by atoms with Crippen LogP contribution in [0.4, 0.5) is 5.69 Å². The van der Waals surface area contributed by atoms with E-state index in [4.69, 9.17) is 4.74 Å². The van der Waals surface area contributed by atoms with Gasteiger partial charge in [-0.05, 0) is 23.6 Å². The summed E-state index contributed by atoms with van der Waals surface area (Å²) in [5.74, 6) is -2.10. The van der Waals surface area contributed by atoms with Crippen LogP contribution in [0.5, 0.6) is 0 Å². The molecule has 2 atom stereocenters. The molecule has 150 valence electrons. The van der Waals surface area contributed by atoms with Crippen LogP contribution in [0.15, 0.2) is 48.5 Å². The van der Waals surface area contributed by atoms with Crippen LogP contribution in [0.25, 0.3) is 0 Å². The lowest BCUT2D eigenvalue weighted by Gasteiger charge is -2.28. The Balaban J connectivity index is 1.82. The van der Waals surface area contributed by atoms with E-state index in [0.29, 0.717) is 12.0 Å². The lowest BCUT2D eigenvalue weighted by molar-refractivity contribution is -0.384. The highest BCUT2D eigenvalue weighted by molar-refractivity contribution is 6.22. The van der Waals surface area contributed by atoms with Crippen molar-refractivity contribution in [2.24, 2.45) is 5.92 Å². The zero-order valence-electron chi connectivity index (χ0n) is 16.0. The first kappa shape index (κ1) is 20.2. The SMILES string of the molecule is CCC(C)C(C(=O)OCc1cccc([N+](=O)[O-])c1)N1C(=O)c2ccccc2C1=O. The highest BCUT2D eigenvalue weighted by Gasteiger charge is 2.45. The number of nitro groups is 1. The molecule has 0 fully saturated rings. The molecule has 0 aromatic heterocycles. The maximum atomic E-state index is 12.9. The number of nitro benzene ring substituents is 1. The molecule has 2 amide bonds. The number of nitrogens with zero attached hydrogens (tertiary/aromatic N) is 2. The van der Waals surface area contributed by atoms with Gasteiger partial charge in [-0.1, -0.05) is 44.5 Å². The van der Waals surface area contributed by atoms with E-state index in [1.54, 1.807) is 37.3 Å². The molecule has 2 unspecified atom stereocenters. The molecule has 1 aliphatic heterocycles. The van der Waals surface area contributed by atoms with Crippen LogP contribution >= 0.6 is 0 Å². The van der Waals surface area contributed by atoms with Crippen LogP contribution in [0.2, 0.25) is 0 Å². The minimum Gasteiger partial charge on any atom is -0.459 e. The second kappa shape index (κ2) is 8.22. The Morgan fingerprint density at radius 3 is 2.28 bits per heavy atom. The first-order valence-electron chi connectivity index (χ1n) is 9.22. The van der Waals surface area contributed by atoms with Crippen molar-refractivity contribution in [2.75, 3.05) is 0 Å². The molecule has 8 nitrogen and oxygen atoms in total. The average molecular weight is 396 g/mol. The van der Waals surface area contributed by atoms with Crippen LogP contribution < -0.4 is 0 Å². The number of esters is 1. The molecule has 0 N–H and O–H groups in total. The predicted molar refractivity (Wildman–Crippen MR) is 103 cm³/mol. The number of amides is 2. The Kier molecular flexibility index (Phi) is 5.72. The fourth-order valence-electron chi connectivity index (χ4n) is 3.28. The van der Waals surface area contributed by atoms with Crippen LogP contribution in [-0.2, 0) is 16.1 Å². The average Bonchev–Trinajstić information content (AvgIpc) is 2.98. The Labute approximate surface area is 167 Å². The zero-order chi connectivity index (χ0) is 21.1. The van der Waals surface area contributed by atoms with Crippen molar-refractivity contribution < 1.29 is 24.0 Å². The van der Waals surface area contributed by atoms with Crippen molar-refractivity contribution >= 4 is 23.5 Å². The van der Waals surface area contributed by atoms with Gasteiger partial charge in [0.05, 0.1) is 16.1 Å². The normalized spacial score (nSPS) is 15.0. The zero-order valence-corrected chi connectivity index (χ0v) is 16.0. The van der Waals surface area contributed by atoms with E-state index in [1.807, 2.05) is 6.92 Å². The summed E-state index contributed by atoms with van der Waals surface area (Å²) >= 11 is 0. The summed E-state index contributed by atoms with van der Waals surface area (Å²) in [6, 6.07) is 11.1. The van der Waals surface area contributed by atoms with E-state index < -0.39 is 28.7 Å². The van der Waals surface area contributed by atoms with Gasteiger partial charge in [0.1, 0.15) is 12.6 Å². The third-order valence-corrected chi connectivity index (χ3v) is 5.03. The number of carbonyl (C=O) groups is 3. The van der Waals surface area contributed by atoms with Crippen molar-refractivity contribution in [1.82, 2.24) is 4.90 Å². The minimum absolute atomic E-state index is 0.114.